The summed E-state index contributed by atoms with van der Waals surface area (Å²) in [5, 5.41) is 3.30. The fourth-order valence-corrected chi connectivity index (χ4v) is 3.01. The monoisotopic (exact) mass is 294 g/mol. The molecule has 6 nitrogen and oxygen atoms in total. The molecule has 1 aliphatic rings. The Kier molecular flexibility index (Phi) is 5.36. The Morgan fingerprint density at radius 1 is 1.29 bits per heavy atom. The maximum atomic E-state index is 12.0. The van der Waals surface area contributed by atoms with Gasteiger partial charge in [0.05, 0.1) is 0 Å². The van der Waals surface area contributed by atoms with Crippen molar-refractivity contribution >= 4 is 0 Å². The first kappa shape index (κ1) is 16.0. The summed E-state index contributed by atoms with van der Waals surface area (Å²) < 4.78 is 2.60. The number of aryl methyl sites for hydroxylation is 1. The van der Waals surface area contributed by atoms with Crippen LogP contribution < -0.4 is 16.6 Å². The van der Waals surface area contributed by atoms with Crippen LogP contribution >= 0.6 is 0 Å². The number of nitrogens with one attached hydrogen (secondary N) is 1. The zero-order valence-electron chi connectivity index (χ0n) is 13.3. The van der Waals surface area contributed by atoms with Crippen molar-refractivity contribution in [1.82, 2.24) is 19.4 Å². The minimum absolute atomic E-state index is 0.213. The van der Waals surface area contributed by atoms with Crippen LogP contribution in [0.2, 0.25) is 0 Å². The molecular formula is C15H26N4O2. The summed E-state index contributed by atoms with van der Waals surface area (Å²) in [5.74, 6) is 0. The third-order valence-electron chi connectivity index (χ3n) is 4.42. The Morgan fingerprint density at radius 3 is 2.62 bits per heavy atom. The van der Waals surface area contributed by atoms with Gasteiger partial charge in [-0.25, -0.2) is 4.79 Å². The molecule has 0 saturated heterocycles. The van der Waals surface area contributed by atoms with Gasteiger partial charge in [-0.2, -0.15) is 0 Å². The van der Waals surface area contributed by atoms with E-state index in [-0.39, 0.29) is 11.2 Å². The second-order valence-corrected chi connectivity index (χ2v) is 6.01. The molecule has 0 atom stereocenters. The van der Waals surface area contributed by atoms with Crippen LogP contribution in [0.5, 0.6) is 0 Å². The highest BCUT2D eigenvalue weighted by atomic mass is 16.2. The normalized spacial score (nSPS) is 16.0. The Bertz CT molecular complexity index is 584. The highest BCUT2D eigenvalue weighted by Gasteiger charge is 2.18. The van der Waals surface area contributed by atoms with Gasteiger partial charge in [0.2, 0.25) is 0 Å². The van der Waals surface area contributed by atoms with Gasteiger partial charge in [-0.3, -0.25) is 9.36 Å². The largest absolute Gasteiger partial charge is 0.330 e. The summed E-state index contributed by atoms with van der Waals surface area (Å²) in [6.45, 7) is 2.33. The van der Waals surface area contributed by atoms with Gasteiger partial charge in [-0.05, 0) is 19.9 Å². The Hall–Kier alpha value is -1.40. The number of hydrogen-bond acceptors (Lipinski definition) is 4. The molecule has 0 aliphatic heterocycles. The summed E-state index contributed by atoms with van der Waals surface area (Å²) in [6, 6.07) is 0.720. The van der Waals surface area contributed by atoms with E-state index in [1.807, 2.05) is 0 Å². The number of nitrogens with zero attached hydrogens (tertiary/aromatic N) is 3. The van der Waals surface area contributed by atoms with Crippen LogP contribution in [-0.4, -0.2) is 40.2 Å². The van der Waals surface area contributed by atoms with Crippen molar-refractivity contribution in [3.63, 3.8) is 0 Å². The highest BCUT2D eigenvalue weighted by molar-refractivity contribution is 5.05. The first-order valence-electron chi connectivity index (χ1n) is 7.67. The lowest BCUT2D eigenvalue weighted by atomic mass is 10.2. The van der Waals surface area contributed by atoms with Crippen LogP contribution in [0.15, 0.2) is 15.8 Å². The number of likely N-dealkylation sites (N-methyl/N-ethyl adjacent to an activating group) is 1. The van der Waals surface area contributed by atoms with Crippen LogP contribution in [0.4, 0.5) is 0 Å². The van der Waals surface area contributed by atoms with E-state index in [0.717, 1.165) is 23.7 Å². The number of aromatic nitrogens is 2. The molecule has 21 heavy (non-hydrogen) atoms. The van der Waals surface area contributed by atoms with Crippen molar-refractivity contribution in [2.24, 2.45) is 14.1 Å². The Labute approximate surface area is 125 Å². The van der Waals surface area contributed by atoms with Crippen LogP contribution in [-0.2, 0) is 20.6 Å². The molecule has 6 heteroatoms. The van der Waals surface area contributed by atoms with Gasteiger partial charge in [-0.15, -0.1) is 0 Å². The van der Waals surface area contributed by atoms with Crippen LogP contribution in [0, 0.1) is 0 Å². The summed E-state index contributed by atoms with van der Waals surface area (Å²) in [5.41, 5.74) is 0.127. The maximum absolute atomic E-state index is 12.0. The van der Waals surface area contributed by atoms with E-state index >= 15 is 0 Å². The second-order valence-electron chi connectivity index (χ2n) is 6.01. The van der Waals surface area contributed by atoms with E-state index in [4.69, 9.17) is 0 Å². The fourth-order valence-electron chi connectivity index (χ4n) is 3.01. The van der Waals surface area contributed by atoms with Crippen LogP contribution in [0.3, 0.4) is 0 Å². The number of rotatable bonds is 6. The molecule has 0 aromatic carbocycles. The molecule has 1 N–H and O–H groups in total. The maximum Gasteiger partial charge on any atom is 0.330 e. The molecule has 0 unspecified atom stereocenters. The zero-order valence-corrected chi connectivity index (χ0v) is 13.3. The predicted molar refractivity (Wildman–Crippen MR) is 83.5 cm³/mol. The molecule has 0 spiro atoms. The van der Waals surface area contributed by atoms with Crippen molar-refractivity contribution in [3.05, 3.63) is 32.6 Å². The molecule has 1 aromatic rings. The van der Waals surface area contributed by atoms with Crippen LogP contribution in [0.1, 0.15) is 31.2 Å². The average Bonchev–Trinajstić information content (AvgIpc) is 3.00. The third kappa shape index (κ3) is 3.83. The van der Waals surface area contributed by atoms with Crippen molar-refractivity contribution in [2.75, 3.05) is 20.1 Å². The van der Waals surface area contributed by atoms with Gasteiger partial charge in [0.15, 0.2) is 0 Å². The summed E-state index contributed by atoms with van der Waals surface area (Å²) in [6.07, 6.45) is 6.92. The van der Waals surface area contributed by atoms with E-state index in [2.05, 4.69) is 17.3 Å². The van der Waals surface area contributed by atoms with Gasteiger partial charge < -0.3 is 14.8 Å². The van der Waals surface area contributed by atoms with Crippen molar-refractivity contribution in [2.45, 2.75) is 38.3 Å². The average molecular weight is 294 g/mol. The molecule has 1 heterocycles. The van der Waals surface area contributed by atoms with E-state index < -0.39 is 0 Å². The highest BCUT2D eigenvalue weighted by Crippen LogP contribution is 2.21. The van der Waals surface area contributed by atoms with E-state index in [1.54, 1.807) is 13.2 Å². The van der Waals surface area contributed by atoms with E-state index in [0.29, 0.717) is 12.1 Å². The summed E-state index contributed by atoms with van der Waals surface area (Å²) in [4.78, 5) is 26.0. The Balaban J connectivity index is 1.84. The molecule has 2 rings (SSSR count). The molecular weight excluding hydrogens is 268 g/mol. The number of hydrogen-bond donors (Lipinski definition) is 1. The minimum Gasteiger partial charge on any atom is -0.311 e. The molecule has 1 saturated carbocycles. The smallest absolute Gasteiger partial charge is 0.311 e. The van der Waals surface area contributed by atoms with Gasteiger partial charge in [0, 0.05) is 51.5 Å². The molecule has 1 aliphatic carbocycles. The first-order chi connectivity index (χ1) is 10.0. The molecule has 0 amide bonds. The lowest BCUT2D eigenvalue weighted by Crippen LogP contribution is -2.40. The molecule has 0 bridgehead atoms. The van der Waals surface area contributed by atoms with E-state index in [1.165, 1.54) is 37.3 Å². The minimum atomic E-state index is -0.287. The lowest BCUT2D eigenvalue weighted by Gasteiger charge is -2.23. The Morgan fingerprint density at radius 2 is 1.95 bits per heavy atom. The molecule has 118 valence electrons. The molecule has 1 fully saturated rings. The third-order valence-corrected chi connectivity index (χ3v) is 4.42. The van der Waals surface area contributed by atoms with Crippen molar-refractivity contribution in [3.8, 4) is 0 Å². The summed E-state index contributed by atoms with van der Waals surface area (Å²) in [7, 11) is 5.35. The van der Waals surface area contributed by atoms with Gasteiger partial charge >= 0.3 is 5.69 Å². The van der Waals surface area contributed by atoms with Crippen molar-refractivity contribution < 1.29 is 0 Å². The van der Waals surface area contributed by atoms with Crippen LogP contribution in [0.25, 0.3) is 0 Å². The standard InChI is InChI=1S/C15H26N4O2/c1-17(13-6-4-5-7-13)9-8-16-10-12-11-18(2)15(21)19(3)14(12)20/h11,13,16H,4-10H2,1-3H3. The predicted octanol–water partition coefficient (Wildman–Crippen LogP) is 0.0480. The molecule has 1 aromatic heterocycles. The topological polar surface area (TPSA) is 59.3 Å². The SMILES string of the molecule is CN(CCNCc1cn(C)c(=O)n(C)c1=O)C1CCCC1. The second kappa shape index (κ2) is 7.04. The van der Waals surface area contributed by atoms with Gasteiger partial charge in [0.25, 0.3) is 5.56 Å². The summed E-state index contributed by atoms with van der Waals surface area (Å²) >= 11 is 0. The lowest BCUT2D eigenvalue weighted by molar-refractivity contribution is 0.245. The quantitative estimate of drug-likeness (QED) is 0.753. The van der Waals surface area contributed by atoms with E-state index in [9.17, 15) is 9.59 Å². The van der Waals surface area contributed by atoms with Crippen molar-refractivity contribution in [1.29, 1.82) is 0 Å². The fraction of sp³-hybridized carbons (Fsp3) is 0.733. The first-order valence-corrected chi connectivity index (χ1v) is 7.67. The van der Waals surface area contributed by atoms with Gasteiger partial charge in [0.1, 0.15) is 0 Å². The molecule has 0 radical (unpaired) electrons. The van der Waals surface area contributed by atoms with Gasteiger partial charge in [-0.1, -0.05) is 12.8 Å². The zero-order chi connectivity index (χ0) is 15.4.